The first-order chi connectivity index (χ1) is 6.67. The molecule has 3 nitrogen and oxygen atoms in total. The summed E-state index contributed by atoms with van der Waals surface area (Å²) in [6, 6.07) is 0.434. The van der Waals surface area contributed by atoms with E-state index in [2.05, 4.69) is 6.92 Å². The van der Waals surface area contributed by atoms with Crippen LogP contribution < -0.4 is 0 Å². The maximum absolute atomic E-state index is 11.5. The van der Waals surface area contributed by atoms with Crippen LogP contribution in [0.15, 0.2) is 0 Å². The van der Waals surface area contributed by atoms with E-state index in [9.17, 15) is 4.79 Å². The van der Waals surface area contributed by atoms with Crippen molar-refractivity contribution < 1.29 is 9.53 Å². The number of hydrogen-bond donors (Lipinski definition) is 0. The van der Waals surface area contributed by atoms with Crippen LogP contribution in [0.25, 0.3) is 0 Å². The Morgan fingerprint density at radius 1 is 1.43 bits per heavy atom. The van der Waals surface area contributed by atoms with E-state index < -0.39 is 0 Å². The Labute approximate surface area is 85.4 Å². The molecule has 0 aromatic carbocycles. The lowest BCUT2D eigenvalue weighted by Crippen LogP contribution is -2.43. The Morgan fingerprint density at radius 2 is 2.21 bits per heavy atom. The molecule has 2 atom stereocenters. The highest BCUT2D eigenvalue weighted by atomic mass is 16.5. The van der Waals surface area contributed by atoms with Crippen molar-refractivity contribution in [3.05, 3.63) is 0 Å². The van der Waals surface area contributed by atoms with Gasteiger partial charge < -0.3 is 9.64 Å². The SMILES string of the molecule is COC(=O)N1CC[C@@]2(C)CCCC[C@H]12. The van der Waals surface area contributed by atoms with Crippen molar-refractivity contribution in [3.8, 4) is 0 Å². The fourth-order valence-corrected chi connectivity index (χ4v) is 3.07. The zero-order valence-corrected chi connectivity index (χ0v) is 9.08. The average molecular weight is 197 g/mol. The van der Waals surface area contributed by atoms with Crippen molar-refractivity contribution >= 4 is 6.09 Å². The maximum atomic E-state index is 11.5. The third kappa shape index (κ3) is 1.39. The Bertz CT molecular complexity index is 241. The van der Waals surface area contributed by atoms with E-state index >= 15 is 0 Å². The van der Waals surface area contributed by atoms with Gasteiger partial charge >= 0.3 is 6.09 Å². The highest BCUT2D eigenvalue weighted by molar-refractivity contribution is 5.68. The molecule has 0 aromatic rings. The lowest BCUT2D eigenvalue weighted by atomic mass is 9.72. The molecule has 0 N–H and O–H groups in total. The number of hydrogen-bond acceptors (Lipinski definition) is 2. The van der Waals surface area contributed by atoms with Gasteiger partial charge in [-0.2, -0.15) is 0 Å². The van der Waals surface area contributed by atoms with Crippen LogP contribution in [0.2, 0.25) is 0 Å². The molecular weight excluding hydrogens is 178 g/mol. The largest absolute Gasteiger partial charge is 0.453 e. The van der Waals surface area contributed by atoms with Crippen molar-refractivity contribution in [2.75, 3.05) is 13.7 Å². The Balaban J connectivity index is 2.13. The van der Waals surface area contributed by atoms with Crippen molar-refractivity contribution in [2.45, 2.75) is 45.1 Å². The zero-order valence-electron chi connectivity index (χ0n) is 9.08. The minimum absolute atomic E-state index is 0.138. The van der Waals surface area contributed by atoms with Gasteiger partial charge in [-0.05, 0) is 24.7 Å². The summed E-state index contributed by atoms with van der Waals surface area (Å²) in [4.78, 5) is 13.4. The standard InChI is InChI=1S/C11H19NO2/c1-11-6-4-3-5-9(11)12(8-7-11)10(13)14-2/h9H,3-8H2,1-2H3/t9-,11+/m0/s1. The van der Waals surface area contributed by atoms with E-state index in [-0.39, 0.29) is 6.09 Å². The molecule has 1 saturated carbocycles. The fourth-order valence-electron chi connectivity index (χ4n) is 3.07. The van der Waals surface area contributed by atoms with Gasteiger partial charge in [0.2, 0.25) is 0 Å². The van der Waals surface area contributed by atoms with Crippen molar-refractivity contribution in [2.24, 2.45) is 5.41 Å². The summed E-state index contributed by atoms with van der Waals surface area (Å²) in [5, 5.41) is 0. The highest BCUT2D eigenvalue weighted by Crippen LogP contribution is 2.46. The molecule has 2 fully saturated rings. The third-order valence-corrected chi connectivity index (χ3v) is 3.99. The molecule has 1 aliphatic carbocycles. The van der Waals surface area contributed by atoms with Crippen LogP contribution in [0.4, 0.5) is 4.79 Å². The van der Waals surface area contributed by atoms with Gasteiger partial charge in [-0.3, -0.25) is 0 Å². The molecule has 0 aromatic heterocycles. The summed E-state index contributed by atoms with van der Waals surface area (Å²) in [7, 11) is 1.47. The Morgan fingerprint density at radius 3 is 2.93 bits per heavy atom. The molecular formula is C11H19NO2. The molecule has 80 valence electrons. The van der Waals surface area contributed by atoms with E-state index in [4.69, 9.17) is 4.74 Å². The van der Waals surface area contributed by atoms with Gasteiger partial charge in [0, 0.05) is 12.6 Å². The lowest BCUT2D eigenvalue weighted by molar-refractivity contribution is 0.0843. The summed E-state index contributed by atoms with van der Waals surface area (Å²) >= 11 is 0. The Kier molecular flexibility index (Phi) is 2.41. The quantitative estimate of drug-likeness (QED) is 0.597. The van der Waals surface area contributed by atoms with Crippen LogP contribution in [0, 0.1) is 5.41 Å². The molecule has 1 amide bonds. The minimum atomic E-state index is -0.138. The number of amides is 1. The second-order valence-corrected chi connectivity index (χ2v) is 4.83. The van der Waals surface area contributed by atoms with Gasteiger partial charge in [0.25, 0.3) is 0 Å². The second-order valence-electron chi connectivity index (χ2n) is 4.83. The van der Waals surface area contributed by atoms with Crippen LogP contribution in [0.1, 0.15) is 39.0 Å². The fraction of sp³-hybridized carbons (Fsp3) is 0.909. The highest BCUT2D eigenvalue weighted by Gasteiger charge is 2.47. The van der Waals surface area contributed by atoms with Gasteiger partial charge in [0.1, 0.15) is 0 Å². The molecule has 0 unspecified atom stereocenters. The molecule has 2 rings (SSSR count). The van der Waals surface area contributed by atoms with Gasteiger partial charge in [-0.25, -0.2) is 4.79 Å². The maximum Gasteiger partial charge on any atom is 0.409 e. The monoisotopic (exact) mass is 197 g/mol. The second kappa shape index (κ2) is 3.44. The summed E-state index contributed by atoms with van der Waals surface area (Å²) in [6.45, 7) is 3.20. The number of nitrogens with zero attached hydrogens (tertiary/aromatic N) is 1. The number of carbonyl (C=O) groups excluding carboxylic acids is 1. The molecule has 1 aliphatic heterocycles. The number of ether oxygens (including phenoxy) is 1. The normalized spacial score (nSPS) is 36.7. The topological polar surface area (TPSA) is 29.5 Å². The molecule has 2 aliphatic rings. The van der Waals surface area contributed by atoms with Crippen LogP contribution in [0.5, 0.6) is 0 Å². The number of carbonyl (C=O) groups is 1. The minimum Gasteiger partial charge on any atom is -0.453 e. The van der Waals surface area contributed by atoms with E-state index in [1.807, 2.05) is 4.90 Å². The molecule has 14 heavy (non-hydrogen) atoms. The predicted molar refractivity (Wildman–Crippen MR) is 54.1 cm³/mol. The predicted octanol–water partition coefficient (Wildman–Crippen LogP) is 2.41. The molecule has 1 saturated heterocycles. The van der Waals surface area contributed by atoms with Crippen LogP contribution >= 0.6 is 0 Å². The van der Waals surface area contributed by atoms with E-state index in [0.29, 0.717) is 11.5 Å². The molecule has 0 spiro atoms. The first kappa shape index (κ1) is 9.81. The Hall–Kier alpha value is -0.730. The first-order valence-electron chi connectivity index (χ1n) is 5.52. The van der Waals surface area contributed by atoms with E-state index in [1.54, 1.807) is 0 Å². The van der Waals surface area contributed by atoms with Gasteiger partial charge in [0.15, 0.2) is 0 Å². The molecule has 0 radical (unpaired) electrons. The van der Waals surface area contributed by atoms with Crippen molar-refractivity contribution in [1.29, 1.82) is 0 Å². The number of rotatable bonds is 0. The molecule has 0 bridgehead atoms. The smallest absolute Gasteiger partial charge is 0.409 e. The average Bonchev–Trinajstić information content (AvgIpc) is 2.54. The number of methoxy groups -OCH3 is 1. The van der Waals surface area contributed by atoms with Crippen LogP contribution in [-0.2, 0) is 4.74 Å². The lowest BCUT2D eigenvalue weighted by Gasteiger charge is -2.38. The molecule has 1 heterocycles. The van der Waals surface area contributed by atoms with Crippen LogP contribution in [0.3, 0.4) is 0 Å². The number of fused-ring (bicyclic) bond motifs is 1. The summed E-state index contributed by atoms with van der Waals surface area (Å²) in [5.41, 5.74) is 0.367. The summed E-state index contributed by atoms with van der Waals surface area (Å²) < 4.78 is 4.82. The van der Waals surface area contributed by atoms with Crippen molar-refractivity contribution in [3.63, 3.8) is 0 Å². The van der Waals surface area contributed by atoms with Gasteiger partial charge in [-0.1, -0.05) is 19.8 Å². The van der Waals surface area contributed by atoms with Crippen molar-refractivity contribution in [1.82, 2.24) is 4.90 Å². The third-order valence-electron chi connectivity index (χ3n) is 3.99. The first-order valence-corrected chi connectivity index (χ1v) is 5.52. The van der Waals surface area contributed by atoms with Crippen LogP contribution in [-0.4, -0.2) is 30.7 Å². The van der Waals surface area contributed by atoms with E-state index in [1.165, 1.54) is 26.4 Å². The summed E-state index contributed by atoms with van der Waals surface area (Å²) in [5.74, 6) is 0. The van der Waals surface area contributed by atoms with Gasteiger partial charge in [-0.15, -0.1) is 0 Å². The van der Waals surface area contributed by atoms with Gasteiger partial charge in [0.05, 0.1) is 7.11 Å². The summed E-state index contributed by atoms with van der Waals surface area (Å²) in [6.07, 6.45) is 6.01. The number of likely N-dealkylation sites (tertiary alicyclic amines) is 1. The van der Waals surface area contributed by atoms with E-state index in [0.717, 1.165) is 19.4 Å². The molecule has 3 heteroatoms. The zero-order chi connectivity index (χ0) is 10.2.